The van der Waals surface area contributed by atoms with Crippen LogP contribution in [0.2, 0.25) is 0 Å². The molecular formula is C22H27N3O. The molecule has 3 rings (SSSR count). The molecule has 2 aromatic rings. The van der Waals surface area contributed by atoms with E-state index in [-0.39, 0.29) is 6.03 Å². The highest BCUT2D eigenvalue weighted by Crippen LogP contribution is 2.16. The zero-order chi connectivity index (χ0) is 18.2. The number of carbonyl (C=O) groups is 1. The molecule has 0 aliphatic carbocycles. The van der Waals surface area contributed by atoms with E-state index in [1.54, 1.807) is 0 Å². The lowest BCUT2D eigenvalue weighted by Gasteiger charge is -2.34. The van der Waals surface area contributed by atoms with Gasteiger partial charge in [-0.25, -0.2) is 4.79 Å². The Morgan fingerprint density at radius 1 is 1.00 bits per heavy atom. The monoisotopic (exact) mass is 349 g/mol. The molecule has 1 N–H and O–H groups in total. The van der Waals surface area contributed by atoms with Crippen LogP contribution in [0, 0.1) is 0 Å². The summed E-state index contributed by atoms with van der Waals surface area (Å²) in [7, 11) is 0. The van der Waals surface area contributed by atoms with E-state index < -0.39 is 0 Å². The SMILES string of the molecule is CCc1ccccc1NC(=O)N1CCN(C/C=C/c2ccccc2)CC1. The standard InChI is InChI=1S/C22H27N3O/c1-2-20-12-6-7-13-21(20)23-22(26)25-17-15-24(16-18-25)14-8-11-19-9-4-3-5-10-19/h3-13H,2,14-18H2,1H3,(H,23,26)/b11-8+. The number of benzene rings is 2. The summed E-state index contributed by atoms with van der Waals surface area (Å²) in [6, 6.07) is 18.4. The fourth-order valence-electron chi connectivity index (χ4n) is 3.18. The Labute approximate surface area is 156 Å². The quantitative estimate of drug-likeness (QED) is 0.882. The van der Waals surface area contributed by atoms with E-state index in [0.29, 0.717) is 0 Å². The van der Waals surface area contributed by atoms with Gasteiger partial charge in [0.15, 0.2) is 0 Å². The Morgan fingerprint density at radius 3 is 2.42 bits per heavy atom. The van der Waals surface area contributed by atoms with Crippen molar-refractivity contribution in [2.24, 2.45) is 0 Å². The Morgan fingerprint density at radius 2 is 1.69 bits per heavy atom. The van der Waals surface area contributed by atoms with Gasteiger partial charge in [-0.05, 0) is 23.6 Å². The van der Waals surface area contributed by atoms with E-state index in [2.05, 4.69) is 47.5 Å². The molecule has 0 unspecified atom stereocenters. The molecule has 0 saturated carbocycles. The maximum atomic E-state index is 12.5. The van der Waals surface area contributed by atoms with E-state index in [4.69, 9.17) is 0 Å². The van der Waals surface area contributed by atoms with Gasteiger partial charge in [-0.1, -0.05) is 67.6 Å². The summed E-state index contributed by atoms with van der Waals surface area (Å²) in [5.74, 6) is 0. The Balaban J connectivity index is 1.46. The number of amides is 2. The number of aryl methyl sites for hydroxylation is 1. The van der Waals surface area contributed by atoms with Crippen molar-refractivity contribution in [1.82, 2.24) is 9.80 Å². The van der Waals surface area contributed by atoms with Gasteiger partial charge in [0.05, 0.1) is 0 Å². The first-order valence-electron chi connectivity index (χ1n) is 9.34. The summed E-state index contributed by atoms with van der Waals surface area (Å²) in [6.07, 6.45) is 5.27. The van der Waals surface area contributed by atoms with Crippen LogP contribution in [0.1, 0.15) is 18.1 Å². The third-order valence-corrected chi connectivity index (χ3v) is 4.77. The molecule has 1 saturated heterocycles. The molecule has 1 aliphatic rings. The van der Waals surface area contributed by atoms with Crippen LogP contribution in [0.4, 0.5) is 10.5 Å². The topological polar surface area (TPSA) is 35.6 Å². The molecule has 1 fully saturated rings. The maximum absolute atomic E-state index is 12.5. The number of urea groups is 1. The van der Waals surface area contributed by atoms with Crippen LogP contribution in [-0.4, -0.2) is 48.6 Å². The van der Waals surface area contributed by atoms with Crippen LogP contribution in [0.15, 0.2) is 60.7 Å². The molecule has 1 heterocycles. The van der Waals surface area contributed by atoms with Crippen molar-refractivity contribution in [3.8, 4) is 0 Å². The van der Waals surface area contributed by atoms with Crippen LogP contribution >= 0.6 is 0 Å². The number of rotatable bonds is 5. The number of para-hydroxylation sites is 1. The second-order valence-electron chi connectivity index (χ2n) is 6.54. The van der Waals surface area contributed by atoms with Crippen molar-refractivity contribution in [1.29, 1.82) is 0 Å². The molecule has 0 radical (unpaired) electrons. The van der Waals surface area contributed by atoms with E-state index >= 15 is 0 Å². The molecule has 2 aromatic carbocycles. The first-order valence-corrected chi connectivity index (χ1v) is 9.34. The molecule has 4 nitrogen and oxygen atoms in total. The molecule has 0 bridgehead atoms. The minimum atomic E-state index is 0.00498. The molecule has 26 heavy (non-hydrogen) atoms. The third kappa shape index (κ3) is 4.96. The number of hydrogen-bond acceptors (Lipinski definition) is 2. The molecule has 136 valence electrons. The minimum absolute atomic E-state index is 0.00498. The highest BCUT2D eigenvalue weighted by Gasteiger charge is 2.20. The van der Waals surface area contributed by atoms with Crippen molar-refractivity contribution in [2.75, 3.05) is 38.0 Å². The first-order chi connectivity index (χ1) is 12.8. The predicted molar refractivity (Wildman–Crippen MR) is 108 cm³/mol. The number of nitrogens with zero attached hydrogens (tertiary/aromatic N) is 2. The van der Waals surface area contributed by atoms with Crippen molar-refractivity contribution >= 4 is 17.8 Å². The van der Waals surface area contributed by atoms with Gasteiger partial charge in [0.1, 0.15) is 0 Å². The highest BCUT2D eigenvalue weighted by atomic mass is 16.2. The number of hydrogen-bond donors (Lipinski definition) is 1. The Bertz CT molecular complexity index is 734. The Kier molecular flexibility index (Phi) is 6.45. The maximum Gasteiger partial charge on any atom is 0.321 e. The van der Waals surface area contributed by atoms with Gasteiger partial charge in [0.2, 0.25) is 0 Å². The van der Waals surface area contributed by atoms with E-state index in [0.717, 1.165) is 44.8 Å². The average molecular weight is 349 g/mol. The lowest BCUT2D eigenvalue weighted by atomic mass is 10.1. The van der Waals surface area contributed by atoms with Crippen LogP contribution in [0.25, 0.3) is 6.08 Å². The molecule has 0 spiro atoms. The number of anilines is 1. The molecule has 0 atom stereocenters. The summed E-state index contributed by atoms with van der Waals surface area (Å²) in [5, 5.41) is 3.07. The van der Waals surface area contributed by atoms with Gasteiger partial charge >= 0.3 is 6.03 Å². The largest absolute Gasteiger partial charge is 0.322 e. The molecule has 4 heteroatoms. The van der Waals surface area contributed by atoms with Crippen LogP contribution in [0.5, 0.6) is 0 Å². The lowest BCUT2D eigenvalue weighted by Crippen LogP contribution is -2.50. The summed E-state index contributed by atoms with van der Waals surface area (Å²) in [4.78, 5) is 16.8. The third-order valence-electron chi connectivity index (χ3n) is 4.77. The minimum Gasteiger partial charge on any atom is -0.322 e. The van der Waals surface area contributed by atoms with Gasteiger partial charge < -0.3 is 10.2 Å². The second-order valence-corrected chi connectivity index (χ2v) is 6.54. The van der Waals surface area contributed by atoms with Gasteiger partial charge in [0, 0.05) is 38.4 Å². The van der Waals surface area contributed by atoms with Gasteiger partial charge in [-0.15, -0.1) is 0 Å². The molecular weight excluding hydrogens is 322 g/mol. The molecule has 1 aliphatic heterocycles. The van der Waals surface area contributed by atoms with Crippen molar-refractivity contribution in [3.05, 3.63) is 71.8 Å². The first kappa shape index (κ1) is 18.2. The average Bonchev–Trinajstić information content (AvgIpc) is 2.70. The number of piperazine rings is 1. The van der Waals surface area contributed by atoms with Gasteiger partial charge in [-0.3, -0.25) is 4.90 Å². The van der Waals surface area contributed by atoms with E-state index in [9.17, 15) is 4.79 Å². The summed E-state index contributed by atoms with van der Waals surface area (Å²) >= 11 is 0. The lowest BCUT2D eigenvalue weighted by molar-refractivity contribution is 0.156. The normalized spacial score (nSPS) is 15.3. The van der Waals surface area contributed by atoms with Gasteiger partial charge in [0.25, 0.3) is 0 Å². The fraction of sp³-hybridized carbons (Fsp3) is 0.318. The van der Waals surface area contributed by atoms with Crippen LogP contribution < -0.4 is 5.32 Å². The second kappa shape index (κ2) is 9.20. The van der Waals surface area contributed by atoms with E-state index in [1.165, 1.54) is 11.1 Å². The van der Waals surface area contributed by atoms with E-state index in [1.807, 2.05) is 41.3 Å². The zero-order valence-electron chi connectivity index (χ0n) is 15.4. The van der Waals surface area contributed by atoms with Crippen molar-refractivity contribution < 1.29 is 4.79 Å². The van der Waals surface area contributed by atoms with Crippen LogP contribution in [0.3, 0.4) is 0 Å². The smallest absolute Gasteiger partial charge is 0.321 e. The van der Waals surface area contributed by atoms with Crippen molar-refractivity contribution in [3.63, 3.8) is 0 Å². The molecule has 0 aromatic heterocycles. The fourth-order valence-corrected chi connectivity index (χ4v) is 3.18. The molecule has 2 amide bonds. The number of nitrogens with one attached hydrogen (secondary N) is 1. The Hall–Kier alpha value is -2.59. The number of carbonyl (C=O) groups excluding carboxylic acids is 1. The summed E-state index contributed by atoms with van der Waals surface area (Å²) in [5.41, 5.74) is 3.32. The van der Waals surface area contributed by atoms with Gasteiger partial charge in [-0.2, -0.15) is 0 Å². The predicted octanol–water partition coefficient (Wildman–Crippen LogP) is 4.11. The zero-order valence-corrected chi connectivity index (χ0v) is 15.4. The highest BCUT2D eigenvalue weighted by molar-refractivity contribution is 5.90. The summed E-state index contributed by atoms with van der Waals surface area (Å²) < 4.78 is 0. The summed E-state index contributed by atoms with van der Waals surface area (Å²) in [6.45, 7) is 6.36. The van der Waals surface area contributed by atoms with Crippen molar-refractivity contribution in [2.45, 2.75) is 13.3 Å². The van der Waals surface area contributed by atoms with Crippen LogP contribution in [-0.2, 0) is 6.42 Å².